The van der Waals surface area contributed by atoms with Crippen LogP contribution in [0.3, 0.4) is 0 Å². The summed E-state index contributed by atoms with van der Waals surface area (Å²) in [7, 11) is 0. The standard InChI is InChI=1S/C14H16N4S/c1-9-3-4-12(14(15)19)13(7-9)17-8-11-5-6-16-10(2)18-11/h3-7,17H,8H2,1-2H3,(H2,15,19). The van der Waals surface area contributed by atoms with Crippen molar-refractivity contribution in [1.82, 2.24) is 9.97 Å². The second kappa shape index (κ2) is 5.75. The Kier molecular flexibility index (Phi) is 4.06. The third kappa shape index (κ3) is 3.48. The molecule has 0 saturated carbocycles. The molecule has 19 heavy (non-hydrogen) atoms. The molecule has 3 N–H and O–H groups in total. The van der Waals surface area contributed by atoms with E-state index in [-0.39, 0.29) is 0 Å². The maximum atomic E-state index is 5.72. The number of anilines is 1. The van der Waals surface area contributed by atoms with E-state index in [2.05, 4.69) is 15.3 Å². The summed E-state index contributed by atoms with van der Waals surface area (Å²) in [5.41, 5.74) is 9.60. The zero-order chi connectivity index (χ0) is 13.8. The van der Waals surface area contributed by atoms with E-state index in [1.165, 1.54) is 0 Å². The average Bonchev–Trinajstić information content (AvgIpc) is 2.36. The fourth-order valence-corrected chi connectivity index (χ4v) is 1.99. The van der Waals surface area contributed by atoms with Gasteiger partial charge in [0.2, 0.25) is 0 Å². The summed E-state index contributed by atoms with van der Waals surface area (Å²) in [5.74, 6) is 0.762. The van der Waals surface area contributed by atoms with Gasteiger partial charge in [0, 0.05) is 17.4 Å². The minimum absolute atomic E-state index is 0.390. The number of thiocarbonyl (C=S) groups is 1. The van der Waals surface area contributed by atoms with Crippen molar-refractivity contribution in [3.8, 4) is 0 Å². The number of hydrogen-bond acceptors (Lipinski definition) is 4. The SMILES string of the molecule is Cc1ccc(C(N)=S)c(NCc2ccnc(C)n2)c1. The Balaban J connectivity index is 2.19. The number of aryl methyl sites for hydroxylation is 2. The van der Waals surface area contributed by atoms with Crippen LogP contribution in [0.2, 0.25) is 0 Å². The fraction of sp³-hybridized carbons (Fsp3) is 0.214. The van der Waals surface area contributed by atoms with Gasteiger partial charge in [0.15, 0.2) is 0 Å². The Morgan fingerprint density at radius 2 is 2.11 bits per heavy atom. The van der Waals surface area contributed by atoms with E-state index in [4.69, 9.17) is 18.0 Å². The molecule has 0 amide bonds. The highest BCUT2D eigenvalue weighted by Gasteiger charge is 2.05. The van der Waals surface area contributed by atoms with Gasteiger partial charge in [-0.2, -0.15) is 0 Å². The molecular weight excluding hydrogens is 256 g/mol. The van der Waals surface area contributed by atoms with Crippen molar-refractivity contribution in [3.05, 3.63) is 53.1 Å². The van der Waals surface area contributed by atoms with E-state index in [0.717, 1.165) is 28.3 Å². The number of rotatable bonds is 4. The first-order valence-electron chi connectivity index (χ1n) is 5.99. The van der Waals surface area contributed by atoms with E-state index >= 15 is 0 Å². The molecule has 0 unspecified atom stereocenters. The van der Waals surface area contributed by atoms with Crippen molar-refractivity contribution in [3.63, 3.8) is 0 Å². The molecular formula is C14H16N4S. The molecule has 0 radical (unpaired) electrons. The molecule has 0 spiro atoms. The van der Waals surface area contributed by atoms with E-state index in [0.29, 0.717) is 11.5 Å². The number of aromatic nitrogens is 2. The van der Waals surface area contributed by atoms with Gasteiger partial charge in [-0.1, -0.05) is 18.3 Å². The first-order valence-corrected chi connectivity index (χ1v) is 6.40. The van der Waals surface area contributed by atoms with Crippen molar-refractivity contribution in [2.75, 3.05) is 5.32 Å². The lowest BCUT2D eigenvalue weighted by atomic mass is 10.1. The second-order valence-corrected chi connectivity index (χ2v) is 4.80. The van der Waals surface area contributed by atoms with Gasteiger partial charge in [0.25, 0.3) is 0 Å². The molecule has 2 aromatic rings. The van der Waals surface area contributed by atoms with Crippen LogP contribution in [-0.4, -0.2) is 15.0 Å². The first kappa shape index (κ1) is 13.4. The van der Waals surface area contributed by atoms with E-state index < -0.39 is 0 Å². The van der Waals surface area contributed by atoms with E-state index in [1.807, 2.05) is 38.1 Å². The molecule has 98 valence electrons. The van der Waals surface area contributed by atoms with Crippen molar-refractivity contribution in [2.24, 2.45) is 5.73 Å². The van der Waals surface area contributed by atoms with E-state index in [9.17, 15) is 0 Å². The van der Waals surface area contributed by atoms with E-state index in [1.54, 1.807) is 6.20 Å². The van der Waals surface area contributed by atoms with Crippen LogP contribution in [-0.2, 0) is 6.54 Å². The largest absolute Gasteiger partial charge is 0.389 e. The highest BCUT2D eigenvalue weighted by Crippen LogP contribution is 2.18. The lowest BCUT2D eigenvalue weighted by molar-refractivity contribution is 0.955. The van der Waals surface area contributed by atoms with Crippen LogP contribution >= 0.6 is 12.2 Å². The molecule has 2 rings (SSSR count). The van der Waals surface area contributed by atoms with Crippen LogP contribution in [0.15, 0.2) is 30.5 Å². The van der Waals surface area contributed by atoms with Crippen molar-refractivity contribution in [2.45, 2.75) is 20.4 Å². The Bertz CT molecular complexity index is 610. The second-order valence-electron chi connectivity index (χ2n) is 4.36. The molecule has 0 aliphatic heterocycles. The third-order valence-corrected chi connectivity index (χ3v) is 2.95. The predicted octanol–water partition coefficient (Wildman–Crippen LogP) is 2.34. The zero-order valence-corrected chi connectivity index (χ0v) is 11.8. The van der Waals surface area contributed by atoms with Gasteiger partial charge in [-0.05, 0) is 37.6 Å². The maximum Gasteiger partial charge on any atom is 0.125 e. The Labute approximate surface area is 118 Å². The van der Waals surface area contributed by atoms with Gasteiger partial charge in [-0.25, -0.2) is 9.97 Å². The molecule has 1 aromatic carbocycles. The van der Waals surface area contributed by atoms with Crippen LogP contribution in [0.1, 0.15) is 22.6 Å². The smallest absolute Gasteiger partial charge is 0.125 e. The summed E-state index contributed by atoms with van der Waals surface area (Å²) >= 11 is 5.06. The number of nitrogens with zero attached hydrogens (tertiary/aromatic N) is 2. The normalized spacial score (nSPS) is 10.2. The van der Waals surface area contributed by atoms with Crippen LogP contribution in [0.5, 0.6) is 0 Å². The lowest BCUT2D eigenvalue weighted by Gasteiger charge is -2.12. The van der Waals surface area contributed by atoms with Crippen molar-refractivity contribution in [1.29, 1.82) is 0 Å². The monoisotopic (exact) mass is 272 g/mol. The average molecular weight is 272 g/mol. The predicted molar refractivity (Wildman–Crippen MR) is 81.2 cm³/mol. The molecule has 0 fully saturated rings. The van der Waals surface area contributed by atoms with Gasteiger partial charge in [0.05, 0.1) is 12.2 Å². The molecule has 0 bridgehead atoms. The summed E-state index contributed by atoms with van der Waals surface area (Å²) < 4.78 is 0. The minimum Gasteiger partial charge on any atom is -0.389 e. The fourth-order valence-electron chi connectivity index (χ4n) is 1.81. The molecule has 0 saturated heterocycles. The molecule has 0 atom stereocenters. The topological polar surface area (TPSA) is 63.8 Å². The van der Waals surface area contributed by atoms with Gasteiger partial charge in [0.1, 0.15) is 10.8 Å². The van der Waals surface area contributed by atoms with Gasteiger partial charge in [-0.3, -0.25) is 0 Å². The summed E-state index contributed by atoms with van der Waals surface area (Å²) in [6.45, 7) is 4.52. The van der Waals surface area contributed by atoms with Crippen LogP contribution < -0.4 is 11.1 Å². The molecule has 1 aromatic heterocycles. The maximum absolute atomic E-state index is 5.72. The summed E-state index contributed by atoms with van der Waals surface area (Å²) in [4.78, 5) is 8.81. The van der Waals surface area contributed by atoms with Crippen LogP contribution in [0.25, 0.3) is 0 Å². The quantitative estimate of drug-likeness (QED) is 0.836. The molecule has 4 nitrogen and oxygen atoms in total. The van der Waals surface area contributed by atoms with Gasteiger partial charge < -0.3 is 11.1 Å². The third-order valence-electron chi connectivity index (χ3n) is 2.73. The van der Waals surface area contributed by atoms with Crippen LogP contribution in [0.4, 0.5) is 5.69 Å². The molecule has 1 heterocycles. The molecule has 0 aliphatic carbocycles. The van der Waals surface area contributed by atoms with Crippen molar-refractivity contribution >= 4 is 22.9 Å². The number of nitrogens with two attached hydrogens (primary N) is 1. The highest BCUT2D eigenvalue weighted by atomic mass is 32.1. The van der Waals surface area contributed by atoms with Gasteiger partial charge in [-0.15, -0.1) is 0 Å². The Morgan fingerprint density at radius 3 is 2.79 bits per heavy atom. The highest BCUT2D eigenvalue weighted by molar-refractivity contribution is 7.80. The zero-order valence-electron chi connectivity index (χ0n) is 11.0. The summed E-state index contributed by atoms with van der Waals surface area (Å²) in [6, 6.07) is 7.85. The minimum atomic E-state index is 0.390. The number of benzene rings is 1. The van der Waals surface area contributed by atoms with Gasteiger partial charge >= 0.3 is 0 Å². The van der Waals surface area contributed by atoms with Crippen LogP contribution in [0, 0.1) is 13.8 Å². The summed E-state index contributed by atoms with van der Waals surface area (Å²) in [5, 5.41) is 3.32. The first-order chi connectivity index (χ1) is 9.06. The number of nitrogens with one attached hydrogen (secondary N) is 1. The summed E-state index contributed by atoms with van der Waals surface area (Å²) in [6.07, 6.45) is 1.75. The Hall–Kier alpha value is -2.01. The Morgan fingerprint density at radius 1 is 1.32 bits per heavy atom. The lowest BCUT2D eigenvalue weighted by Crippen LogP contribution is -2.13. The van der Waals surface area contributed by atoms with Crippen molar-refractivity contribution < 1.29 is 0 Å². The molecule has 5 heteroatoms. The number of hydrogen-bond donors (Lipinski definition) is 2. The molecule has 0 aliphatic rings.